The summed E-state index contributed by atoms with van der Waals surface area (Å²) in [6, 6.07) is -2.43. The number of rotatable bonds is 7. The second kappa shape index (κ2) is 10.7. The van der Waals surface area contributed by atoms with Gasteiger partial charge in [-0.3, -0.25) is 9.59 Å². The van der Waals surface area contributed by atoms with Gasteiger partial charge in [0.15, 0.2) is 12.6 Å². The summed E-state index contributed by atoms with van der Waals surface area (Å²) in [5.41, 5.74) is 0. The maximum absolute atomic E-state index is 11.6. The molecule has 2 fully saturated rings. The quantitative estimate of drug-likeness (QED) is 0.202. The Kier molecular flexibility index (Phi) is 8.90. The number of carbonyl (C=O) groups excluding carboxylic acids is 2. The van der Waals surface area contributed by atoms with Gasteiger partial charge in [-0.2, -0.15) is 0 Å². The highest BCUT2D eigenvalue weighted by Gasteiger charge is 2.51. The molecule has 174 valence electrons. The second-order valence-electron chi connectivity index (χ2n) is 7.21. The van der Waals surface area contributed by atoms with Crippen LogP contribution in [0.25, 0.3) is 0 Å². The lowest BCUT2D eigenvalue weighted by molar-refractivity contribution is -0.329. The number of hydrogen-bond donors (Lipinski definition) is 7. The van der Waals surface area contributed by atoms with E-state index in [1.54, 1.807) is 0 Å². The van der Waals surface area contributed by atoms with Crippen LogP contribution in [-0.2, 0) is 28.5 Å². The average molecular weight is 438 g/mol. The lowest BCUT2D eigenvalue weighted by atomic mass is 9.94. The first-order valence-corrected chi connectivity index (χ1v) is 9.43. The largest absolute Gasteiger partial charge is 0.394 e. The zero-order chi connectivity index (χ0) is 22.6. The SMILES string of the molecule is CO[C@H]1C(O)C(NC(C)=O)C(OC2C(CO)O[C@@H](O)[C@@H](NC(C)=O)[C@H]2O)O[C@H]1CO. The van der Waals surface area contributed by atoms with Gasteiger partial charge >= 0.3 is 0 Å². The van der Waals surface area contributed by atoms with E-state index in [9.17, 15) is 35.1 Å². The lowest BCUT2D eigenvalue weighted by Gasteiger charge is -2.47. The summed E-state index contributed by atoms with van der Waals surface area (Å²) in [4.78, 5) is 23.0. The summed E-state index contributed by atoms with van der Waals surface area (Å²) in [5, 5.41) is 55.3. The van der Waals surface area contributed by atoms with Crippen molar-refractivity contribution < 1.29 is 54.1 Å². The molecule has 0 aromatic rings. The summed E-state index contributed by atoms with van der Waals surface area (Å²) in [7, 11) is 1.30. The number of carbonyl (C=O) groups is 2. The molecule has 0 aliphatic carbocycles. The first-order valence-electron chi connectivity index (χ1n) is 9.43. The fourth-order valence-electron chi connectivity index (χ4n) is 3.66. The normalized spacial score (nSPS) is 41.9. The third kappa shape index (κ3) is 5.43. The molecular weight excluding hydrogens is 408 g/mol. The summed E-state index contributed by atoms with van der Waals surface area (Å²) in [5.74, 6) is -1.06. The number of methoxy groups -OCH3 is 1. The van der Waals surface area contributed by atoms with E-state index in [0.29, 0.717) is 0 Å². The Morgan fingerprint density at radius 1 is 0.867 bits per heavy atom. The molecule has 10 atom stereocenters. The Hall–Kier alpha value is -1.42. The summed E-state index contributed by atoms with van der Waals surface area (Å²) < 4.78 is 21.8. The molecular formula is C17H30N2O11. The van der Waals surface area contributed by atoms with Crippen LogP contribution >= 0.6 is 0 Å². The Labute approximate surface area is 172 Å². The van der Waals surface area contributed by atoms with E-state index in [0.717, 1.165) is 0 Å². The Balaban J connectivity index is 2.28. The van der Waals surface area contributed by atoms with Gasteiger partial charge in [-0.1, -0.05) is 0 Å². The molecule has 2 saturated heterocycles. The van der Waals surface area contributed by atoms with Gasteiger partial charge in [0.1, 0.15) is 48.7 Å². The van der Waals surface area contributed by atoms with Crippen molar-refractivity contribution in [2.45, 2.75) is 75.1 Å². The highest BCUT2D eigenvalue weighted by Crippen LogP contribution is 2.29. The van der Waals surface area contributed by atoms with Crippen molar-refractivity contribution in [3.05, 3.63) is 0 Å². The fraction of sp³-hybridized carbons (Fsp3) is 0.882. The van der Waals surface area contributed by atoms with Crippen LogP contribution in [0.3, 0.4) is 0 Å². The van der Waals surface area contributed by atoms with Gasteiger partial charge in [0.05, 0.1) is 13.2 Å². The van der Waals surface area contributed by atoms with Gasteiger partial charge in [-0.05, 0) is 0 Å². The van der Waals surface area contributed by atoms with Crippen LogP contribution < -0.4 is 10.6 Å². The van der Waals surface area contributed by atoms with E-state index < -0.39 is 86.3 Å². The highest BCUT2D eigenvalue weighted by atomic mass is 16.7. The first kappa shape index (κ1) is 24.8. The van der Waals surface area contributed by atoms with Crippen molar-refractivity contribution in [2.24, 2.45) is 0 Å². The highest BCUT2D eigenvalue weighted by molar-refractivity contribution is 5.73. The molecule has 2 heterocycles. The van der Waals surface area contributed by atoms with Gasteiger partial charge < -0.3 is 55.1 Å². The van der Waals surface area contributed by atoms with Crippen LogP contribution in [0.4, 0.5) is 0 Å². The van der Waals surface area contributed by atoms with E-state index in [-0.39, 0.29) is 0 Å². The zero-order valence-electron chi connectivity index (χ0n) is 16.9. The van der Waals surface area contributed by atoms with E-state index in [1.165, 1.54) is 21.0 Å². The topological polar surface area (TPSA) is 196 Å². The van der Waals surface area contributed by atoms with E-state index in [4.69, 9.17) is 18.9 Å². The molecule has 30 heavy (non-hydrogen) atoms. The average Bonchev–Trinajstić information content (AvgIpc) is 2.68. The van der Waals surface area contributed by atoms with Gasteiger partial charge in [-0.15, -0.1) is 0 Å². The second-order valence-corrected chi connectivity index (χ2v) is 7.21. The Bertz CT molecular complexity index is 594. The van der Waals surface area contributed by atoms with Crippen molar-refractivity contribution in [2.75, 3.05) is 20.3 Å². The molecule has 0 aromatic carbocycles. The molecule has 0 aromatic heterocycles. The van der Waals surface area contributed by atoms with E-state index in [2.05, 4.69) is 10.6 Å². The van der Waals surface area contributed by atoms with E-state index in [1.807, 2.05) is 0 Å². The smallest absolute Gasteiger partial charge is 0.217 e. The molecule has 13 heteroatoms. The van der Waals surface area contributed by atoms with Crippen molar-refractivity contribution in [3.8, 4) is 0 Å². The minimum atomic E-state index is -1.62. The van der Waals surface area contributed by atoms with Crippen molar-refractivity contribution in [1.29, 1.82) is 0 Å². The summed E-state index contributed by atoms with van der Waals surface area (Å²) in [6.07, 6.45) is -10.4. The number of ether oxygens (including phenoxy) is 4. The Morgan fingerprint density at radius 2 is 1.37 bits per heavy atom. The lowest BCUT2D eigenvalue weighted by Crippen LogP contribution is -2.69. The number of amides is 2. The first-order chi connectivity index (χ1) is 14.1. The molecule has 2 aliphatic rings. The molecule has 2 rings (SSSR count). The zero-order valence-corrected chi connectivity index (χ0v) is 16.9. The van der Waals surface area contributed by atoms with Crippen molar-refractivity contribution in [3.63, 3.8) is 0 Å². The summed E-state index contributed by atoms with van der Waals surface area (Å²) >= 11 is 0. The molecule has 2 amide bonds. The van der Waals surface area contributed by atoms with Crippen molar-refractivity contribution in [1.82, 2.24) is 10.6 Å². The maximum atomic E-state index is 11.6. The number of aliphatic hydroxyl groups is 5. The molecule has 5 unspecified atom stereocenters. The third-order valence-corrected chi connectivity index (χ3v) is 5.03. The van der Waals surface area contributed by atoms with Crippen molar-refractivity contribution >= 4 is 11.8 Å². The van der Waals surface area contributed by atoms with Crippen LogP contribution in [0.15, 0.2) is 0 Å². The maximum Gasteiger partial charge on any atom is 0.217 e. The van der Waals surface area contributed by atoms with Crippen LogP contribution in [0, 0.1) is 0 Å². The third-order valence-electron chi connectivity index (χ3n) is 5.03. The van der Waals surface area contributed by atoms with Crippen LogP contribution in [0.5, 0.6) is 0 Å². The summed E-state index contributed by atoms with van der Waals surface area (Å²) in [6.45, 7) is 1.19. The standard InChI is InChI=1S/C17H30N2O11/c1-6(22)18-10-12(24)15(9(5-21)28-16(10)26)30-17-11(19-7(2)23)13(25)14(27-3)8(4-20)29-17/h8-17,20-21,24-26H,4-5H2,1-3H3,(H,18,22)(H,19,23)/t8-,9?,10-,11?,12+,13?,14+,15?,16+,17?/m0/s1. The van der Waals surface area contributed by atoms with Crippen LogP contribution in [-0.4, -0.2) is 119 Å². The predicted molar refractivity (Wildman–Crippen MR) is 96.6 cm³/mol. The molecule has 13 nitrogen and oxygen atoms in total. The van der Waals surface area contributed by atoms with Gasteiger partial charge in [0.2, 0.25) is 11.8 Å². The molecule has 0 saturated carbocycles. The number of nitrogens with one attached hydrogen (secondary N) is 2. The van der Waals surface area contributed by atoms with E-state index >= 15 is 0 Å². The molecule has 0 bridgehead atoms. The Morgan fingerprint density at radius 3 is 1.87 bits per heavy atom. The molecule has 0 spiro atoms. The molecule has 2 aliphatic heterocycles. The molecule has 0 radical (unpaired) electrons. The monoisotopic (exact) mass is 438 g/mol. The van der Waals surface area contributed by atoms with Crippen LogP contribution in [0.2, 0.25) is 0 Å². The molecule has 7 N–H and O–H groups in total. The number of aliphatic hydroxyl groups excluding tert-OH is 5. The van der Waals surface area contributed by atoms with Gasteiger partial charge in [-0.25, -0.2) is 0 Å². The minimum absolute atomic E-state index is 0.515. The van der Waals surface area contributed by atoms with Crippen LogP contribution in [0.1, 0.15) is 13.8 Å². The van der Waals surface area contributed by atoms with Gasteiger partial charge in [0, 0.05) is 21.0 Å². The minimum Gasteiger partial charge on any atom is -0.394 e. The van der Waals surface area contributed by atoms with Gasteiger partial charge in [0.25, 0.3) is 0 Å². The number of hydrogen-bond acceptors (Lipinski definition) is 11. The fourth-order valence-corrected chi connectivity index (χ4v) is 3.66. The predicted octanol–water partition coefficient (Wildman–Crippen LogP) is -4.46.